The summed E-state index contributed by atoms with van der Waals surface area (Å²) in [5, 5.41) is 12.6. The number of hydrogen-bond acceptors (Lipinski definition) is 8. The van der Waals surface area contributed by atoms with Crippen LogP contribution in [0.3, 0.4) is 0 Å². The molecule has 2 N–H and O–H groups in total. The molecule has 1 aliphatic rings. The van der Waals surface area contributed by atoms with Gasteiger partial charge in [-0.05, 0) is 48.5 Å². The Morgan fingerprint density at radius 2 is 1.73 bits per heavy atom. The number of quaternary nitrogens is 1. The van der Waals surface area contributed by atoms with Gasteiger partial charge in [-0.15, -0.1) is 0 Å². The van der Waals surface area contributed by atoms with Crippen molar-refractivity contribution >= 4 is 28.6 Å². The van der Waals surface area contributed by atoms with Gasteiger partial charge in [-0.2, -0.15) is 0 Å². The molecule has 2 heterocycles. The highest BCUT2D eigenvalue weighted by Gasteiger charge is 2.34. The van der Waals surface area contributed by atoms with Gasteiger partial charge < -0.3 is 30.0 Å². The van der Waals surface area contributed by atoms with Crippen molar-refractivity contribution in [2.24, 2.45) is 0 Å². The van der Waals surface area contributed by atoms with Crippen LogP contribution in [0.15, 0.2) is 96.1 Å². The summed E-state index contributed by atoms with van der Waals surface area (Å²) in [5.41, 5.74) is 7.86. The molecule has 1 aliphatic carbocycles. The molecular formula is C33H33N7O5. The third kappa shape index (κ3) is 6.01. The van der Waals surface area contributed by atoms with Crippen LogP contribution in [0.5, 0.6) is 17.2 Å². The number of methoxy groups -OCH3 is 1. The predicted octanol–water partition coefficient (Wildman–Crippen LogP) is 4.58. The van der Waals surface area contributed by atoms with E-state index in [0.29, 0.717) is 39.8 Å². The molecule has 230 valence electrons. The number of benzene rings is 3. The molecule has 3 aromatic carbocycles. The van der Waals surface area contributed by atoms with Gasteiger partial charge >= 0.3 is 5.69 Å². The number of ether oxygens (including phenoxy) is 2. The van der Waals surface area contributed by atoms with Crippen molar-refractivity contribution < 1.29 is 18.9 Å². The maximum Gasteiger partial charge on any atom is 0.339 e. The summed E-state index contributed by atoms with van der Waals surface area (Å²) in [6.07, 6.45) is 6.12. The van der Waals surface area contributed by atoms with E-state index in [9.17, 15) is 14.8 Å². The lowest BCUT2D eigenvalue weighted by Crippen LogP contribution is -2.40. The Kier molecular flexibility index (Phi) is 7.83. The molecule has 1 atom stereocenters. The molecule has 2 aromatic heterocycles. The average Bonchev–Trinajstić information content (AvgIpc) is 3.86. The number of hydrogen-bond donors (Lipinski definition) is 1. The maximum atomic E-state index is 14.1. The molecule has 1 fully saturated rings. The van der Waals surface area contributed by atoms with Crippen LogP contribution in [0, 0.1) is 5.21 Å². The fraction of sp³-hybridized carbons (Fsp3) is 0.212. The van der Waals surface area contributed by atoms with E-state index in [1.54, 1.807) is 62.6 Å². The van der Waals surface area contributed by atoms with Crippen molar-refractivity contribution in [2.75, 3.05) is 38.4 Å². The molecule has 0 bridgehead atoms. The number of hydroxylamine groups is 3. The Hall–Kier alpha value is -5.46. The van der Waals surface area contributed by atoms with Gasteiger partial charge in [0.15, 0.2) is 11.5 Å². The summed E-state index contributed by atoms with van der Waals surface area (Å²) in [7, 11) is 4.74. The van der Waals surface area contributed by atoms with Crippen LogP contribution >= 0.6 is 0 Å². The van der Waals surface area contributed by atoms with E-state index in [4.69, 9.17) is 15.2 Å². The number of carbonyl (C=O) groups excluding carboxylic acids is 1. The first-order chi connectivity index (χ1) is 21.7. The summed E-state index contributed by atoms with van der Waals surface area (Å²) in [6, 6.07) is 21.5. The summed E-state index contributed by atoms with van der Waals surface area (Å²) in [6.45, 7) is 0.211. The zero-order chi connectivity index (χ0) is 31.7. The molecule has 45 heavy (non-hydrogen) atoms. The van der Waals surface area contributed by atoms with Crippen molar-refractivity contribution in [3.8, 4) is 28.6 Å². The van der Waals surface area contributed by atoms with Crippen molar-refractivity contribution in [1.82, 2.24) is 19.1 Å². The van der Waals surface area contributed by atoms with E-state index in [-0.39, 0.29) is 30.0 Å². The number of rotatable bonds is 10. The number of nitrogen functional groups attached to an aromatic ring is 1. The first-order valence-corrected chi connectivity index (χ1v) is 14.4. The second kappa shape index (κ2) is 11.9. The monoisotopic (exact) mass is 607 g/mol. The number of amides is 1. The number of imidazole rings is 1. The van der Waals surface area contributed by atoms with E-state index in [1.807, 2.05) is 30.3 Å². The van der Waals surface area contributed by atoms with Gasteiger partial charge in [0.1, 0.15) is 29.1 Å². The lowest BCUT2D eigenvalue weighted by Gasteiger charge is -2.38. The summed E-state index contributed by atoms with van der Waals surface area (Å²) < 4.78 is 13.9. The van der Waals surface area contributed by atoms with Gasteiger partial charge in [0, 0.05) is 43.8 Å². The second-order valence-corrected chi connectivity index (χ2v) is 11.1. The molecule has 0 saturated heterocycles. The van der Waals surface area contributed by atoms with E-state index in [2.05, 4.69) is 9.97 Å². The van der Waals surface area contributed by atoms with Crippen LogP contribution in [0.25, 0.3) is 22.5 Å². The number of carbonyl (C=O) groups is 1. The molecule has 0 spiro atoms. The molecule has 1 unspecified atom stereocenters. The lowest BCUT2D eigenvalue weighted by atomic mass is 10.2. The third-order valence-electron chi connectivity index (χ3n) is 7.86. The molecule has 12 heteroatoms. The second-order valence-electron chi connectivity index (χ2n) is 11.1. The summed E-state index contributed by atoms with van der Waals surface area (Å²) in [5.74, 6) is 1.49. The Bertz CT molecular complexity index is 1940. The number of anilines is 2. The average molecular weight is 608 g/mol. The number of aromatic nitrogens is 4. The molecular weight excluding hydrogens is 574 g/mol. The Morgan fingerprint density at radius 3 is 2.42 bits per heavy atom. The fourth-order valence-corrected chi connectivity index (χ4v) is 5.19. The first-order valence-electron chi connectivity index (χ1n) is 14.4. The van der Waals surface area contributed by atoms with Gasteiger partial charge in [-0.1, -0.05) is 18.2 Å². The normalized spacial score (nSPS) is 14.4. The maximum absolute atomic E-state index is 14.1. The Morgan fingerprint density at radius 1 is 1.02 bits per heavy atom. The van der Waals surface area contributed by atoms with Crippen LogP contribution < -0.4 is 25.8 Å². The van der Waals surface area contributed by atoms with Gasteiger partial charge in [-0.3, -0.25) is 9.36 Å². The summed E-state index contributed by atoms with van der Waals surface area (Å²) >= 11 is 0. The minimum absolute atomic E-state index is 0.0993. The molecule has 6 rings (SSSR count). The molecule has 1 saturated carbocycles. The lowest BCUT2D eigenvalue weighted by molar-refractivity contribution is -0.865. The SMILES string of the molecule is COc1cc(N(C)C(=O)/C=C/C[N+](C)([O-])C2CC2)cc(-n2c(=O)n(-c3ccc(Oc4ccccc4)cc3)c3c(N)ncnc32)c1. The van der Waals surface area contributed by atoms with E-state index in [0.717, 1.165) is 12.8 Å². The highest BCUT2D eigenvalue weighted by atomic mass is 16.5. The standard InChI is InChI=1S/C33H33N7O5/c1-37(29(41)10-7-17-40(2,43)25-13-14-25)23-18-24(20-28(19-23)44-3)39-32-30(31(34)35-21-36-32)38(33(39)42)22-11-15-27(16-12-22)45-26-8-5-4-6-9-26/h4-12,15-16,18-21,25H,13-14,17H2,1-3H3,(H2,34,35,36)/b10-7+. The van der Waals surface area contributed by atoms with Crippen LogP contribution in [-0.4, -0.2) is 63.4 Å². The largest absolute Gasteiger partial charge is 0.633 e. The smallest absolute Gasteiger partial charge is 0.339 e. The zero-order valence-corrected chi connectivity index (χ0v) is 25.2. The van der Waals surface area contributed by atoms with Crippen molar-refractivity contribution in [2.45, 2.75) is 18.9 Å². The number of nitrogens with zero attached hydrogens (tertiary/aromatic N) is 6. The van der Waals surface area contributed by atoms with Crippen LogP contribution in [0.4, 0.5) is 11.5 Å². The zero-order valence-electron chi connectivity index (χ0n) is 25.2. The molecule has 0 radical (unpaired) electrons. The number of para-hydroxylation sites is 1. The summed E-state index contributed by atoms with van der Waals surface area (Å²) in [4.78, 5) is 37.2. The molecule has 5 aromatic rings. The number of likely N-dealkylation sites (N-methyl/N-ethyl adjacent to an activating group) is 2. The quantitative estimate of drug-likeness (QED) is 0.138. The first kappa shape index (κ1) is 29.6. The van der Waals surface area contributed by atoms with E-state index >= 15 is 0 Å². The predicted molar refractivity (Wildman–Crippen MR) is 172 cm³/mol. The molecule has 1 amide bonds. The van der Waals surface area contributed by atoms with Crippen molar-refractivity contribution in [3.05, 3.63) is 107 Å². The topological polar surface area (TPSA) is 141 Å². The van der Waals surface area contributed by atoms with Crippen molar-refractivity contribution in [3.63, 3.8) is 0 Å². The minimum atomic E-state index is -0.449. The van der Waals surface area contributed by atoms with E-state index < -0.39 is 10.3 Å². The van der Waals surface area contributed by atoms with Gasteiger partial charge in [-0.25, -0.2) is 19.3 Å². The van der Waals surface area contributed by atoms with Gasteiger partial charge in [0.05, 0.1) is 38.1 Å². The minimum Gasteiger partial charge on any atom is -0.633 e. The Balaban J connectivity index is 1.37. The van der Waals surface area contributed by atoms with Crippen molar-refractivity contribution in [1.29, 1.82) is 0 Å². The third-order valence-corrected chi connectivity index (χ3v) is 7.86. The van der Waals surface area contributed by atoms with Crippen LogP contribution in [-0.2, 0) is 4.79 Å². The highest BCUT2D eigenvalue weighted by molar-refractivity contribution is 6.01. The van der Waals surface area contributed by atoms with Crippen LogP contribution in [0.2, 0.25) is 0 Å². The van der Waals surface area contributed by atoms with E-state index in [1.165, 1.54) is 33.5 Å². The van der Waals surface area contributed by atoms with Crippen LogP contribution in [0.1, 0.15) is 12.8 Å². The highest BCUT2D eigenvalue weighted by Crippen LogP contribution is 2.32. The number of nitrogens with two attached hydrogens (primary N) is 1. The van der Waals surface area contributed by atoms with Gasteiger partial charge in [0.2, 0.25) is 0 Å². The number of fused-ring (bicyclic) bond motifs is 1. The molecule has 12 nitrogen and oxygen atoms in total. The Labute approximate surface area is 259 Å². The molecule has 0 aliphatic heterocycles. The van der Waals surface area contributed by atoms with Gasteiger partial charge in [0.25, 0.3) is 5.91 Å². The fourth-order valence-electron chi connectivity index (χ4n) is 5.19.